The van der Waals surface area contributed by atoms with E-state index in [4.69, 9.17) is 23.9 Å². The van der Waals surface area contributed by atoms with Crippen molar-refractivity contribution in [1.29, 1.82) is 0 Å². The number of benzene rings is 1. The van der Waals surface area contributed by atoms with Crippen molar-refractivity contribution in [3.05, 3.63) is 23.8 Å². The van der Waals surface area contributed by atoms with Crippen LogP contribution in [0, 0.1) is 0 Å². The van der Waals surface area contributed by atoms with Crippen LogP contribution in [0.5, 0.6) is 11.5 Å². The summed E-state index contributed by atoms with van der Waals surface area (Å²) in [6.07, 6.45) is 8.11. The number of unbranched alkanes of at least 4 members (excludes halogenated alkanes) is 1. The molecular formula is C25H44IN3O4. The van der Waals surface area contributed by atoms with Gasteiger partial charge in [-0.2, -0.15) is 0 Å². The number of aliphatic imine (C=N–C) groups is 1. The van der Waals surface area contributed by atoms with Crippen LogP contribution in [-0.2, 0) is 14.9 Å². The molecule has 1 aliphatic carbocycles. The average molecular weight is 578 g/mol. The molecule has 0 atom stereocenters. The highest BCUT2D eigenvalue weighted by molar-refractivity contribution is 14.0. The lowest BCUT2D eigenvalue weighted by Gasteiger charge is -2.37. The first-order valence-corrected chi connectivity index (χ1v) is 12.0. The molecule has 8 heteroatoms. The molecule has 0 radical (unpaired) electrons. The molecule has 0 aromatic heterocycles. The van der Waals surface area contributed by atoms with E-state index >= 15 is 0 Å². The van der Waals surface area contributed by atoms with Gasteiger partial charge in [0.1, 0.15) is 0 Å². The molecule has 1 aromatic carbocycles. The first kappa shape index (κ1) is 29.8. The van der Waals surface area contributed by atoms with E-state index < -0.39 is 0 Å². The molecule has 0 bridgehead atoms. The van der Waals surface area contributed by atoms with Crippen molar-refractivity contribution in [2.45, 2.75) is 57.3 Å². The van der Waals surface area contributed by atoms with Crippen molar-refractivity contribution in [2.24, 2.45) is 4.99 Å². The molecule has 2 rings (SSSR count). The lowest BCUT2D eigenvalue weighted by atomic mass is 9.69. The number of halogens is 1. The van der Waals surface area contributed by atoms with Gasteiger partial charge in [0, 0.05) is 32.2 Å². The predicted molar refractivity (Wildman–Crippen MR) is 146 cm³/mol. The molecule has 1 fully saturated rings. The number of methoxy groups -OCH3 is 3. The molecule has 7 nitrogen and oxygen atoms in total. The number of nitrogens with one attached hydrogen (secondary N) is 2. The lowest BCUT2D eigenvalue weighted by Crippen LogP contribution is -2.40. The van der Waals surface area contributed by atoms with Crippen LogP contribution < -0.4 is 20.1 Å². The van der Waals surface area contributed by atoms with E-state index in [0.717, 1.165) is 69.4 Å². The Balaban J connectivity index is 0.00000544. The SMILES string of the molecule is CCNC(=NCC1(c2ccc(OC)c(OC)c2)CCCCC1)NCCCCOCCOC.I. The Labute approximate surface area is 217 Å². The maximum absolute atomic E-state index is 5.58. The van der Waals surface area contributed by atoms with Gasteiger partial charge in [0.25, 0.3) is 0 Å². The zero-order valence-electron chi connectivity index (χ0n) is 20.9. The van der Waals surface area contributed by atoms with Gasteiger partial charge in [0.05, 0.1) is 34.0 Å². The number of nitrogens with zero attached hydrogens (tertiary/aromatic N) is 1. The van der Waals surface area contributed by atoms with Gasteiger partial charge in [0.2, 0.25) is 0 Å². The summed E-state index contributed by atoms with van der Waals surface area (Å²) in [7, 11) is 5.07. The van der Waals surface area contributed by atoms with Crippen LogP contribution in [0.2, 0.25) is 0 Å². The maximum atomic E-state index is 5.58. The highest BCUT2D eigenvalue weighted by Gasteiger charge is 2.34. The molecule has 1 aliphatic rings. The van der Waals surface area contributed by atoms with E-state index in [1.807, 2.05) is 6.07 Å². The van der Waals surface area contributed by atoms with Gasteiger partial charge in [-0.25, -0.2) is 0 Å². The molecule has 0 heterocycles. The smallest absolute Gasteiger partial charge is 0.191 e. The minimum Gasteiger partial charge on any atom is -0.493 e. The van der Waals surface area contributed by atoms with Crippen molar-refractivity contribution in [3.8, 4) is 11.5 Å². The minimum absolute atomic E-state index is 0. The van der Waals surface area contributed by atoms with Crippen molar-refractivity contribution in [3.63, 3.8) is 0 Å². The zero-order chi connectivity index (χ0) is 23.1. The molecule has 0 unspecified atom stereocenters. The third-order valence-electron chi connectivity index (χ3n) is 6.13. The standard InChI is InChI=1S/C25H43N3O4.HI/c1-5-26-24(27-15-9-10-16-32-18-17-29-2)28-20-25(13-7-6-8-14-25)21-11-12-22(30-3)23(19-21)31-4;/h11-12,19H,5-10,13-18,20H2,1-4H3,(H2,26,27,28);1H. The van der Waals surface area contributed by atoms with Gasteiger partial charge < -0.3 is 29.6 Å². The molecule has 2 N–H and O–H groups in total. The maximum Gasteiger partial charge on any atom is 0.191 e. The summed E-state index contributed by atoms with van der Waals surface area (Å²) >= 11 is 0. The molecule has 33 heavy (non-hydrogen) atoms. The van der Waals surface area contributed by atoms with Gasteiger partial charge in [-0.05, 0) is 50.3 Å². The summed E-state index contributed by atoms with van der Waals surface area (Å²) in [5, 5.41) is 6.88. The summed E-state index contributed by atoms with van der Waals surface area (Å²) in [6.45, 7) is 6.66. The predicted octanol–water partition coefficient (Wildman–Crippen LogP) is 4.52. The number of rotatable bonds is 14. The van der Waals surface area contributed by atoms with Crippen LogP contribution in [0.15, 0.2) is 23.2 Å². The molecule has 1 aromatic rings. The lowest BCUT2D eigenvalue weighted by molar-refractivity contribution is 0.0689. The van der Waals surface area contributed by atoms with Crippen LogP contribution in [0.3, 0.4) is 0 Å². The number of guanidine groups is 1. The average Bonchev–Trinajstić information content (AvgIpc) is 2.84. The molecule has 0 spiro atoms. The first-order chi connectivity index (χ1) is 15.7. The summed E-state index contributed by atoms with van der Waals surface area (Å²) in [6, 6.07) is 6.35. The fraction of sp³-hybridized carbons (Fsp3) is 0.720. The molecule has 0 amide bonds. The second-order valence-electron chi connectivity index (χ2n) is 8.34. The van der Waals surface area contributed by atoms with Crippen molar-refractivity contribution < 1.29 is 18.9 Å². The normalized spacial score (nSPS) is 15.5. The van der Waals surface area contributed by atoms with Crippen LogP contribution >= 0.6 is 24.0 Å². The summed E-state index contributed by atoms with van der Waals surface area (Å²) in [4.78, 5) is 5.02. The second kappa shape index (κ2) is 17.2. The van der Waals surface area contributed by atoms with Crippen LogP contribution in [-0.4, -0.2) is 66.7 Å². The van der Waals surface area contributed by atoms with E-state index in [0.29, 0.717) is 13.2 Å². The Morgan fingerprint density at radius 2 is 1.70 bits per heavy atom. The Hall–Kier alpha value is -1.26. The molecule has 0 saturated heterocycles. The van der Waals surface area contributed by atoms with Crippen molar-refractivity contribution in [1.82, 2.24) is 10.6 Å². The Bertz CT molecular complexity index is 682. The Morgan fingerprint density at radius 1 is 0.939 bits per heavy atom. The number of hydrogen-bond acceptors (Lipinski definition) is 5. The number of hydrogen-bond donors (Lipinski definition) is 2. The van der Waals surface area contributed by atoms with Crippen LogP contribution in [0.25, 0.3) is 0 Å². The first-order valence-electron chi connectivity index (χ1n) is 12.0. The van der Waals surface area contributed by atoms with E-state index in [-0.39, 0.29) is 29.4 Å². The van der Waals surface area contributed by atoms with Crippen LogP contribution in [0.4, 0.5) is 0 Å². The van der Waals surface area contributed by atoms with Gasteiger partial charge >= 0.3 is 0 Å². The molecule has 0 aliphatic heterocycles. The fourth-order valence-electron chi connectivity index (χ4n) is 4.29. The third kappa shape index (κ3) is 9.86. The minimum atomic E-state index is 0. The highest BCUT2D eigenvalue weighted by Crippen LogP contribution is 2.42. The quantitative estimate of drug-likeness (QED) is 0.147. The summed E-state index contributed by atoms with van der Waals surface area (Å²) < 4.78 is 21.6. The van der Waals surface area contributed by atoms with Crippen molar-refractivity contribution >= 4 is 29.9 Å². The highest BCUT2D eigenvalue weighted by atomic mass is 127. The van der Waals surface area contributed by atoms with Gasteiger partial charge in [-0.1, -0.05) is 25.3 Å². The van der Waals surface area contributed by atoms with Crippen molar-refractivity contribution in [2.75, 3.05) is 60.8 Å². The summed E-state index contributed by atoms with van der Waals surface area (Å²) in [5.41, 5.74) is 1.33. The van der Waals surface area contributed by atoms with E-state index in [1.54, 1.807) is 21.3 Å². The zero-order valence-corrected chi connectivity index (χ0v) is 23.2. The van der Waals surface area contributed by atoms with Crippen LogP contribution in [0.1, 0.15) is 57.4 Å². The molecule has 190 valence electrons. The third-order valence-corrected chi connectivity index (χ3v) is 6.13. The molecule has 1 saturated carbocycles. The summed E-state index contributed by atoms with van der Waals surface area (Å²) in [5.74, 6) is 2.45. The van der Waals surface area contributed by atoms with Gasteiger partial charge in [-0.3, -0.25) is 4.99 Å². The second-order valence-corrected chi connectivity index (χ2v) is 8.34. The van der Waals surface area contributed by atoms with Gasteiger partial charge in [0.15, 0.2) is 17.5 Å². The van der Waals surface area contributed by atoms with E-state index in [1.165, 1.54) is 24.8 Å². The van der Waals surface area contributed by atoms with E-state index in [2.05, 4.69) is 29.7 Å². The Morgan fingerprint density at radius 3 is 2.36 bits per heavy atom. The number of ether oxygens (including phenoxy) is 4. The van der Waals surface area contributed by atoms with E-state index in [9.17, 15) is 0 Å². The Kier molecular flexibility index (Phi) is 15.5. The van der Waals surface area contributed by atoms with Gasteiger partial charge in [-0.15, -0.1) is 24.0 Å². The monoisotopic (exact) mass is 577 g/mol. The molecular weight excluding hydrogens is 533 g/mol. The topological polar surface area (TPSA) is 73.3 Å². The largest absolute Gasteiger partial charge is 0.493 e. The fourth-order valence-corrected chi connectivity index (χ4v) is 4.29.